The van der Waals surface area contributed by atoms with Gasteiger partial charge in [-0.1, -0.05) is 18.6 Å². The highest BCUT2D eigenvalue weighted by molar-refractivity contribution is 7.89. The molecule has 1 heterocycles. The van der Waals surface area contributed by atoms with Gasteiger partial charge in [-0.25, -0.2) is 13.4 Å². The summed E-state index contributed by atoms with van der Waals surface area (Å²) in [4.78, 5) is 4.64. The first kappa shape index (κ1) is 16.3. The summed E-state index contributed by atoms with van der Waals surface area (Å²) in [5.74, 6) is 0.456. The number of nitrogens with zero attached hydrogens (tertiary/aromatic N) is 2. The van der Waals surface area contributed by atoms with E-state index in [4.69, 9.17) is 5.73 Å². The molecule has 2 fully saturated rings. The van der Waals surface area contributed by atoms with Gasteiger partial charge in [-0.2, -0.15) is 4.31 Å². The maximum absolute atomic E-state index is 12.6. The topological polar surface area (TPSA) is 87.8 Å². The number of piperidine rings is 1. The SMILES string of the molecule is NC(=NCc1ccc(S(=O)(=O)N2CCCCC2)cc1)NC1CC1. The maximum Gasteiger partial charge on any atom is 0.243 e. The highest BCUT2D eigenvalue weighted by atomic mass is 32.2. The standard InChI is InChI=1S/C16H24N4O2S/c17-16(19-14-6-7-14)18-12-13-4-8-15(9-5-13)23(21,22)20-10-2-1-3-11-20/h4-5,8-9,14H,1-3,6-7,10-12H2,(H3,17,18,19). The lowest BCUT2D eigenvalue weighted by Gasteiger charge is -2.25. The molecule has 6 nitrogen and oxygen atoms in total. The van der Waals surface area contributed by atoms with Crippen LogP contribution in [0.2, 0.25) is 0 Å². The fourth-order valence-corrected chi connectivity index (χ4v) is 4.20. The molecule has 0 unspecified atom stereocenters. The van der Waals surface area contributed by atoms with Crippen molar-refractivity contribution in [1.29, 1.82) is 0 Å². The number of rotatable bonds is 5. The van der Waals surface area contributed by atoms with Gasteiger partial charge in [-0.3, -0.25) is 0 Å². The number of benzene rings is 1. The number of aliphatic imine (C=N–C) groups is 1. The molecule has 0 spiro atoms. The van der Waals surface area contributed by atoms with Crippen LogP contribution in [0.3, 0.4) is 0 Å². The second-order valence-electron chi connectivity index (χ2n) is 6.23. The molecular weight excluding hydrogens is 312 g/mol. The fourth-order valence-electron chi connectivity index (χ4n) is 2.68. The molecule has 7 heteroatoms. The second-order valence-corrected chi connectivity index (χ2v) is 8.17. The maximum atomic E-state index is 12.6. The van der Waals surface area contributed by atoms with Crippen molar-refractivity contribution in [3.05, 3.63) is 29.8 Å². The Kier molecular flexibility index (Phi) is 4.87. The normalized spacial score (nSPS) is 20.4. The van der Waals surface area contributed by atoms with Crippen molar-refractivity contribution in [2.24, 2.45) is 10.7 Å². The highest BCUT2D eigenvalue weighted by Gasteiger charge is 2.25. The van der Waals surface area contributed by atoms with Gasteiger partial charge in [0.05, 0.1) is 11.4 Å². The smallest absolute Gasteiger partial charge is 0.243 e. The van der Waals surface area contributed by atoms with Crippen molar-refractivity contribution in [2.75, 3.05) is 13.1 Å². The van der Waals surface area contributed by atoms with E-state index in [9.17, 15) is 8.42 Å². The molecule has 1 saturated heterocycles. The number of hydrogen-bond acceptors (Lipinski definition) is 3. The van der Waals surface area contributed by atoms with Crippen LogP contribution in [0.25, 0.3) is 0 Å². The van der Waals surface area contributed by atoms with Crippen LogP contribution in [-0.4, -0.2) is 37.8 Å². The first-order valence-electron chi connectivity index (χ1n) is 8.21. The number of nitrogens with two attached hydrogens (primary N) is 1. The summed E-state index contributed by atoms with van der Waals surface area (Å²) in [6.07, 6.45) is 5.30. The molecule has 0 atom stereocenters. The number of nitrogens with one attached hydrogen (secondary N) is 1. The third-order valence-electron chi connectivity index (χ3n) is 4.24. The van der Waals surface area contributed by atoms with Gasteiger partial charge in [0.1, 0.15) is 0 Å². The molecule has 3 rings (SSSR count). The molecule has 0 aromatic heterocycles. The van der Waals surface area contributed by atoms with Gasteiger partial charge in [0, 0.05) is 19.1 Å². The van der Waals surface area contributed by atoms with E-state index >= 15 is 0 Å². The third-order valence-corrected chi connectivity index (χ3v) is 6.15. The van der Waals surface area contributed by atoms with Gasteiger partial charge in [0.2, 0.25) is 10.0 Å². The van der Waals surface area contributed by atoms with Crippen molar-refractivity contribution < 1.29 is 8.42 Å². The van der Waals surface area contributed by atoms with E-state index < -0.39 is 10.0 Å². The quantitative estimate of drug-likeness (QED) is 0.629. The summed E-state index contributed by atoms with van der Waals surface area (Å²) in [6, 6.07) is 7.43. The van der Waals surface area contributed by atoms with Crippen LogP contribution in [0.4, 0.5) is 0 Å². The van der Waals surface area contributed by atoms with E-state index in [1.165, 1.54) is 0 Å². The fraction of sp³-hybridized carbons (Fsp3) is 0.562. The molecule has 1 aromatic rings. The largest absolute Gasteiger partial charge is 0.370 e. The molecule has 1 saturated carbocycles. The summed E-state index contributed by atoms with van der Waals surface area (Å²) >= 11 is 0. The number of guanidine groups is 1. The molecule has 23 heavy (non-hydrogen) atoms. The van der Waals surface area contributed by atoms with Gasteiger partial charge in [0.25, 0.3) is 0 Å². The molecule has 0 radical (unpaired) electrons. The van der Waals surface area contributed by atoms with E-state index in [2.05, 4.69) is 10.3 Å². The van der Waals surface area contributed by atoms with Crippen molar-refractivity contribution in [2.45, 2.75) is 49.6 Å². The minimum atomic E-state index is -3.36. The van der Waals surface area contributed by atoms with Crippen LogP contribution in [0.5, 0.6) is 0 Å². The first-order chi connectivity index (χ1) is 11.1. The molecule has 1 aromatic carbocycles. The average molecular weight is 336 g/mol. The van der Waals surface area contributed by atoms with Gasteiger partial charge in [-0.05, 0) is 43.4 Å². The van der Waals surface area contributed by atoms with Crippen LogP contribution in [0, 0.1) is 0 Å². The minimum absolute atomic E-state index is 0.358. The lowest BCUT2D eigenvalue weighted by molar-refractivity contribution is 0.346. The first-order valence-corrected chi connectivity index (χ1v) is 9.65. The Labute approximate surface area is 137 Å². The zero-order valence-corrected chi connectivity index (χ0v) is 14.1. The molecule has 3 N–H and O–H groups in total. The lowest BCUT2D eigenvalue weighted by Crippen LogP contribution is -2.35. The van der Waals surface area contributed by atoms with Crippen LogP contribution in [0.15, 0.2) is 34.2 Å². The summed E-state index contributed by atoms with van der Waals surface area (Å²) in [5, 5.41) is 3.13. The third kappa shape index (κ3) is 4.23. The Morgan fingerprint density at radius 1 is 1.17 bits per heavy atom. The molecule has 1 aliphatic heterocycles. The molecular formula is C16H24N4O2S. The Morgan fingerprint density at radius 2 is 1.83 bits per heavy atom. The van der Waals surface area contributed by atoms with Crippen LogP contribution < -0.4 is 11.1 Å². The second kappa shape index (κ2) is 6.88. The summed E-state index contributed by atoms with van der Waals surface area (Å²) in [7, 11) is -3.36. The van der Waals surface area contributed by atoms with Gasteiger partial charge in [-0.15, -0.1) is 0 Å². The highest BCUT2D eigenvalue weighted by Crippen LogP contribution is 2.21. The molecule has 126 valence electrons. The monoisotopic (exact) mass is 336 g/mol. The Bertz CT molecular complexity index is 660. The van der Waals surface area contributed by atoms with Crippen molar-refractivity contribution >= 4 is 16.0 Å². The predicted octanol–water partition coefficient (Wildman–Crippen LogP) is 1.43. The van der Waals surface area contributed by atoms with Crippen molar-refractivity contribution in [3.63, 3.8) is 0 Å². The lowest BCUT2D eigenvalue weighted by atomic mass is 10.2. The molecule has 2 aliphatic rings. The van der Waals surface area contributed by atoms with Crippen LogP contribution in [-0.2, 0) is 16.6 Å². The van der Waals surface area contributed by atoms with E-state index in [0.717, 1.165) is 37.7 Å². The number of hydrogen-bond donors (Lipinski definition) is 2. The van der Waals surface area contributed by atoms with Gasteiger partial charge < -0.3 is 11.1 Å². The van der Waals surface area contributed by atoms with Crippen molar-refractivity contribution in [3.8, 4) is 0 Å². The van der Waals surface area contributed by atoms with Crippen molar-refractivity contribution in [1.82, 2.24) is 9.62 Å². The molecule has 1 aliphatic carbocycles. The van der Waals surface area contributed by atoms with E-state index in [0.29, 0.717) is 36.5 Å². The average Bonchev–Trinajstić information content (AvgIpc) is 3.38. The van der Waals surface area contributed by atoms with E-state index in [1.54, 1.807) is 16.4 Å². The summed E-state index contributed by atoms with van der Waals surface area (Å²) in [5.41, 5.74) is 6.74. The van der Waals surface area contributed by atoms with E-state index in [1.807, 2.05) is 12.1 Å². The molecule has 0 amide bonds. The minimum Gasteiger partial charge on any atom is -0.370 e. The zero-order chi connectivity index (χ0) is 16.3. The molecule has 0 bridgehead atoms. The van der Waals surface area contributed by atoms with Crippen LogP contribution >= 0.6 is 0 Å². The predicted molar refractivity (Wildman–Crippen MR) is 90.5 cm³/mol. The van der Waals surface area contributed by atoms with Gasteiger partial charge >= 0.3 is 0 Å². The summed E-state index contributed by atoms with van der Waals surface area (Å²) < 4.78 is 26.7. The Hall–Kier alpha value is -1.60. The van der Waals surface area contributed by atoms with E-state index in [-0.39, 0.29) is 0 Å². The Balaban J connectivity index is 1.63. The Morgan fingerprint density at radius 3 is 2.43 bits per heavy atom. The number of sulfonamides is 1. The summed E-state index contributed by atoms with van der Waals surface area (Å²) in [6.45, 7) is 1.70. The van der Waals surface area contributed by atoms with Gasteiger partial charge in [0.15, 0.2) is 5.96 Å². The van der Waals surface area contributed by atoms with Crippen LogP contribution in [0.1, 0.15) is 37.7 Å². The zero-order valence-electron chi connectivity index (χ0n) is 13.2.